The fraction of sp³-hybridized carbons (Fsp3) is 0.353. The highest BCUT2D eigenvalue weighted by molar-refractivity contribution is 5.58. The number of ether oxygens (including phenoxy) is 1. The van der Waals surface area contributed by atoms with Gasteiger partial charge in [0, 0.05) is 44.6 Å². The average Bonchev–Trinajstić information content (AvgIpc) is 2.88. The van der Waals surface area contributed by atoms with Crippen LogP contribution < -0.4 is 15.0 Å². The summed E-state index contributed by atoms with van der Waals surface area (Å²) in [5.41, 5.74) is 5.35. The molecule has 4 heteroatoms. The number of methoxy groups -OCH3 is 1. The van der Waals surface area contributed by atoms with Crippen LogP contribution in [0.15, 0.2) is 36.5 Å². The number of anilines is 1. The van der Waals surface area contributed by atoms with Crippen molar-refractivity contribution in [2.45, 2.75) is 19.5 Å². The minimum absolute atomic E-state index is 0.662. The molecule has 1 aliphatic heterocycles. The maximum absolute atomic E-state index is 5.14. The van der Waals surface area contributed by atoms with E-state index in [9.17, 15) is 0 Å². The normalized spacial score (nSPS) is 13.3. The number of aromatic nitrogens is 1. The lowest BCUT2D eigenvalue weighted by atomic mass is 10.1. The lowest BCUT2D eigenvalue weighted by Crippen LogP contribution is -2.13. The van der Waals surface area contributed by atoms with Crippen molar-refractivity contribution in [3.63, 3.8) is 0 Å². The molecule has 0 atom stereocenters. The highest BCUT2D eigenvalue weighted by Gasteiger charge is 2.15. The monoisotopic (exact) mass is 283 g/mol. The van der Waals surface area contributed by atoms with Crippen molar-refractivity contribution < 1.29 is 4.74 Å². The number of hydrogen-bond donors (Lipinski definition) is 1. The Morgan fingerprint density at radius 1 is 1.19 bits per heavy atom. The Morgan fingerprint density at radius 3 is 2.81 bits per heavy atom. The number of hydrogen-bond acceptors (Lipinski definition) is 4. The Kier molecular flexibility index (Phi) is 4.06. The van der Waals surface area contributed by atoms with Crippen LogP contribution in [-0.2, 0) is 19.5 Å². The summed E-state index contributed by atoms with van der Waals surface area (Å²) in [6, 6.07) is 10.7. The van der Waals surface area contributed by atoms with Gasteiger partial charge in [-0.25, -0.2) is 4.98 Å². The fourth-order valence-corrected chi connectivity index (χ4v) is 2.75. The summed E-state index contributed by atoms with van der Waals surface area (Å²) >= 11 is 0. The average molecular weight is 283 g/mol. The summed E-state index contributed by atoms with van der Waals surface area (Å²) < 4.78 is 5.14. The fourth-order valence-electron chi connectivity index (χ4n) is 2.75. The lowest BCUT2D eigenvalue weighted by molar-refractivity contribution is 0.397. The number of rotatable bonds is 5. The standard InChI is InChI=1S/C17H21N3O/c1-20-8-6-15-9-13(3-4-16(15)20)11-18-12-14-5-7-19-17(10-14)21-2/h3-5,7,9-10,18H,6,8,11-12H2,1-2H3. The van der Waals surface area contributed by atoms with Gasteiger partial charge in [0.15, 0.2) is 0 Å². The molecule has 1 aromatic carbocycles. The molecule has 0 bridgehead atoms. The molecule has 0 radical (unpaired) electrons. The molecule has 21 heavy (non-hydrogen) atoms. The molecule has 2 heterocycles. The van der Waals surface area contributed by atoms with Gasteiger partial charge in [-0.05, 0) is 35.2 Å². The van der Waals surface area contributed by atoms with E-state index < -0.39 is 0 Å². The number of nitrogens with zero attached hydrogens (tertiary/aromatic N) is 2. The largest absolute Gasteiger partial charge is 0.481 e. The van der Waals surface area contributed by atoms with Crippen molar-refractivity contribution in [2.24, 2.45) is 0 Å². The first-order valence-corrected chi connectivity index (χ1v) is 7.29. The third-order valence-electron chi connectivity index (χ3n) is 3.94. The number of fused-ring (bicyclic) bond motifs is 1. The van der Waals surface area contributed by atoms with Crippen LogP contribution in [0.1, 0.15) is 16.7 Å². The number of likely N-dealkylation sites (N-methyl/N-ethyl adjacent to an activating group) is 1. The van der Waals surface area contributed by atoms with Crippen molar-refractivity contribution in [3.05, 3.63) is 53.2 Å². The molecule has 2 aromatic rings. The van der Waals surface area contributed by atoms with Gasteiger partial charge in [-0.1, -0.05) is 12.1 Å². The van der Waals surface area contributed by atoms with Crippen LogP contribution in [-0.4, -0.2) is 25.7 Å². The van der Waals surface area contributed by atoms with Crippen molar-refractivity contribution in [3.8, 4) is 5.88 Å². The molecule has 1 aliphatic rings. The zero-order valence-electron chi connectivity index (χ0n) is 12.6. The second kappa shape index (κ2) is 6.14. The van der Waals surface area contributed by atoms with Gasteiger partial charge >= 0.3 is 0 Å². The van der Waals surface area contributed by atoms with E-state index in [-0.39, 0.29) is 0 Å². The Balaban J connectivity index is 1.58. The van der Waals surface area contributed by atoms with Gasteiger partial charge in [0.2, 0.25) is 5.88 Å². The van der Waals surface area contributed by atoms with Gasteiger partial charge in [0.25, 0.3) is 0 Å². The van der Waals surface area contributed by atoms with Crippen molar-refractivity contribution >= 4 is 5.69 Å². The molecule has 1 N–H and O–H groups in total. The molecule has 0 saturated carbocycles. The second-order valence-electron chi connectivity index (χ2n) is 5.44. The van der Waals surface area contributed by atoms with E-state index in [1.165, 1.54) is 22.4 Å². The van der Waals surface area contributed by atoms with E-state index in [1.54, 1.807) is 13.3 Å². The Bertz CT molecular complexity index is 627. The predicted octanol–water partition coefficient (Wildman–Crippen LogP) is 2.37. The molecule has 0 unspecified atom stereocenters. The van der Waals surface area contributed by atoms with Gasteiger partial charge in [0.05, 0.1) is 7.11 Å². The minimum atomic E-state index is 0.662. The molecular formula is C17H21N3O. The van der Waals surface area contributed by atoms with E-state index in [0.29, 0.717) is 5.88 Å². The highest BCUT2D eigenvalue weighted by atomic mass is 16.5. The van der Waals surface area contributed by atoms with Gasteiger partial charge in [0.1, 0.15) is 0 Å². The minimum Gasteiger partial charge on any atom is -0.481 e. The zero-order valence-corrected chi connectivity index (χ0v) is 12.6. The van der Waals surface area contributed by atoms with Crippen molar-refractivity contribution in [1.29, 1.82) is 0 Å². The molecule has 110 valence electrons. The number of nitrogens with one attached hydrogen (secondary N) is 1. The van der Waals surface area contributed by atoms with Crippen molar-refractivity contribution in [2.75, 3.05) is 25.6 Å². The van der Waals surface area contributed by atoms with Crippen LogP contribution in [0.2, 0.25) is 0 Å². The predicted molar refractivity (Wildman–Crippen MR) is 84.7 cm³/mol. The molecule has 0 spiro atoms. The molecule has 0 aliphatic carbocycles. The molecule has 0 amide bonds. The van der Waals surface area contributed by atoms with Crippen LogP contribution in [0.4, 0.5) is 5.69 Å². The summed E-state index contributed by atoms with van der Waals surface area (Å²) in [6.45, 7) is 2.82. The second-order valence-corrected chi connectivity index (χ2v) is 5.44. The van der Waals surface area contributed by atoms with Gasteiger partial charge in [-0.15, -0.1) is 0 Å². The summed E-state index contributed by atoms with van der Waals surface area (Å²) in [6.07, 6.45) is 2.93. The van der Waals surface area contributed by atoms with Crippen LogP contribution in [0.5, 0.6) is 5.88 Å². The van der Waals surface area contributed by atoms with E-state index in [4.69, 9.17) is 4.74 Å². The maximum atomic E-state index is 5.14. The van der Waals surface area contributed by atoms with E-state index in [2.05, 4.69) is 40.4 Å². The molecule has 4 nitrogen and oxygen atoms in total. The Morgan fingerprint density at radius 2 is 2.00 bits per heavy atom. The van der Waals surface area contributed by atoms with Crippen molar-refractivity contribution in [1.82, 2.24) is 10.3 Å². The van der Waals surface area contributed by atoms with E-state index >= 15 is 0 Å². The summed E-state index contributed by atoms with van der Waals surface area (Å²) in [4.78, 5) is 6.43. The number of benzene rings is 1. The molecular weight excluding hydrogens is 262 g/mol. The molecule has 0 saturated heterocycles. The topological polar surface area (TPSA) is 37.4 Å². The molecule has 1 aromatic heterocycles. The SMILES string of the molecule is COc1cc(CNCc2ccc3c(c2)CCN3C)ccn1. The lowest BCUT2D eigenvalue weighted by Gasteiger charge is -2.12. The summed E-state index contributed by atoms with van der Waals surface area (Å²) in [5.74, 6) is 0.662. The van der Waals surface area contributed by atoms with Crippen LogP contribution in [0, 0.1) is 0 Å². The first-order chi connectivity index (χ1) is 10.3. The number of pyridine rings is 1. The van der Waals surface area contributed by atoms with Crippen LogP contribution in [0.25, 0.3) is 0 Å². The first-order valence-electron chi connectivity index (χ1n) is 7.29. The van der Waals surface area contributed by atoms with Gasteiger partial charge in [-0.2, -0.15) is 0 Å². The van der Waals surface area contributed by atoms with Gasteiger partial charge in [-0.3, -0.25) is 0 Å². The zero-order chi connectivity index (χ0) is 14.7. The summed E-state index contributed by atoms with van der Waals surface area (Å²) in [7, 11) is 3.79. The Hall–Kier alpha value is -2.07. The maximum Gasteiger partial charge on any atom is 0.213 e. The van der Waals surface area contributed by atoms with Crippen LogP contribution in [0.3, 0.4) is 0 Å². The third kappa shape index (κ3) is 3.16. The van der Waals surface area contributed by atoms with E-state index in [0.717, 1.165) is 26.1 Å². The smallest absolute Gasteiger partial charge is 0.213 e. The van der Waals surface area contributed by atoms with Crippen LogP contribution >= 0.6 is 0 Å². The first kappa shape index (κ1) is 13.9. The molecule has 0 fully saturated rings. The molecule has 3 rings (SSSR count). The quantitative estimate of drug-likeness (QED) is 0.914. The Labute approximate surface area is 125 Å². The van der Waals surface area contributed by atoms with E-state index in [1.807, 2.05) is 12.1 Å². The summed E-state index contributed by atoms with van der Waals surface area (Å²) in [5, 5.41) is 3.47. The third-order valence-corrected chi connectivity index (χ3v) is 3.94. The van der Waals surface area contributed by atoms with Gasteiger partial charge < -0.3 is 15.0 Å². The highest BCUT2D eigenvalue weighted by Crippen LogP contribution is 2.27.